The highest BCUT2D eigenvalue weighted by Crippen LogP contribution is 2.25. The van der Waals surface area contributed by atoms with Crippen LogP contribution in [0.5, 0.6) is 0 Å². The molecule has 0 radical (unpaired) electrons. The van der Waals surface area contributed by atoms with E-state index < -0.39 is 5.91 Å². The number of carbonyl (C=O) groups excluding carboxylic acids is 1. The molecule has 1 aromatic heterocycles. The molecule has 6 heteroatoms. The number of rotatable bonds is 2. The van der Waals surface area contributed by atoms with Gasteiger partial charge in [0.05, 0.1) is 0 Å². The first-order chi connectivity index (χ1) is 8.99. The molecule has 1 amide bonds. The lowest BCUT2D eigenvalue weighted by Gasteiger charge is -2.12. The zero-order valence-electron chi connectivity index (χ0n) is 10.7. The molecule has 2 rings (SSSR count). The average molecular weight is 258 g/mol. The van der Waals surface area contributed by atoms with Crippen LogP contribution >= 0.6 is 0 Å². The molecule has 0 saturated carbocycles. The summed E-state index contributed by atoms with van der Waals surface area (Å²) in [5.74, 6) is -0.395. The molecule has 0 fully saturated rings. The van der Waals surface area contributed by atoms with Gasteiger partial charge >= 0.3 is 0 Å². The lowest BCUT2D eigenvalue weighted by Crippen LogP contribution is -2.18. The van der Waals surface area contributed by atoms with Crippen LogP contribution in [0.25, 0.3) is 0 Å². The van der Waals surface area contributed by atoms with Gasteiger partial charge in [-0.05, 0) is 37.1 Å². The van der Waals surface area contributed by atoms with Crippen molar-refractivity contribution in [1.82, 2.24) is 10.2 Å². The summed E-state index contributed by atoms with van der Waals surface area (Å²) in [6, 6.07) is 6.24. The predicted octanol–water partition coefficient (Wildman–Crippen LogP) is 1.22. The van der Waals surface area contributed by atoms with Gasteiger partial charge in [0.1, 0.15) is 5.69 Å². The number of nitrogens with one attached hydrogen (secondary N) is 2. The SMILES string of the molecule is Cc1ccc(N)c(C)c1NC(=O)c1ccc(=O)[nH]n1. The smallest absolute Gasteiger partial charge is 0.276 e. The minimum Gasteiger partial charge on any atom is -0.398 e. The number of H-pyrrole nitrogens is 1. The van der Waals surface area contributed by atoms with E-state index >= 15 is 0 Å². The molecule has 4 N–H and O–H groups in total. The maximum Gasteiger partial charge on any atom is 0.276 e. The number of nitrogens with two attached hydrogens (primary N) is 1. The second kappa shape index (κ2) is 4.93. The number of anilines is 2. The van der Waals surface area contributed by atoms with E-state index in [0.29, 0.717) is 11.4 Å². The van der Waals surface area contributed by atoms with Gasteiger partial charge in [-0.1, -0.05) is 6.07 Å². The van der Waals surface area contributed by atoms with Gasteiger partial charge in [0.2, 0.25) is 0 Å². The maximum absolute atomic E-state index is 12.0. The summed E-state index contributed by atoms with van der Waals surface area (Å²) < 4.78 is 0. The Balaban J connectivity index is 2.31. The van der Waals surface area contributed by atoms with Crippen molar-refractivity contribution in [2.75, 3.05) is 11.1 Å². The van der Waals surface area contributed by atoms with Crippen molar-refractivity contribution in [1.29, 1.82) is 0 Å². The lowest BCUT2D eigenvalue weighted by atomic mass is 10.1. The highest BCUT2D eigenvalue weighted by atomic mass is 16.2. The lowest BCUT2D eigenvalue weighted by molar-refractivity contribution is 0.102. The van der Waals surface area contributed by atoms with Crippen LogP contribution in [-0.2, 0) is 0 Å². The van der Waals surface area contributed by atoms with Crippen molar-refractivity contribution >= 4 is 17.3 Å². The Hall–Kier alpha value is -2.63. The fourth-order valence-corrected chi connectivity index (χ4v) is 1.70. The second-order valence-electron chi connectivity index (χ2n) is 4.23. The largest absolute Gasteiger partial charge is 0.398 e. The summed E-state index contributed by atoms with van der Waals surface area (Å²) in [4.78, 5) is 22.9. The fourth-order valence-electron chi connectivity index (χ4n) is 1.70. The highest BCUT2D eigenvalue weighted by Gasteiger charge is 2.12. The van der Waals surface area contributed by atoms with Crippen LogP contribution in [0.1, 0.15) is 21.6 Å². The van der Waals surface area contributed by atoms with Gasteiger partial charge in [-0.2, -0.15) is 5.10 Å². The zero-order valence-corrected chi connectivity index (χ0v) is 10.7. The number of amides is 1. The van der Waals surface area contributed by atoms with Gasteiger partial charge in [0.15, 0.2) is 0 Å². The Morgan fingerprint density at radius 3 is 2.63 bits per heavy atom. The minimum absolute atomic E-state index is 0.140. The summed E-state index contributed by atoms with van der Waals surface area (Å²) in [6.07, 6.45) is 0. The van der Waals surface area contributed by atoms with E-state index in [-0.39, 0.29) is 11.3 Å². The summed E-state index contributed by atoms with van der Waals surface area (Å²) in [5.41, 5.74) is 8.58. The van der Waals surface area contributed by atoms with Crippen LogP contribution < -0.4 is 16.6 Å². The number of hydrogen-bond acceptors (Lipinski definition) is 4. The molecule has 6 nitrogen and oxygen atoms in total. The van der Waals surface area contributed by atoms with Gasteiger partial charge in [-0.25, -0.2) is 5.10 Å². The quantitative estimate of drug-likeness (QED) is 0.705. The monoisotopic (exact) mass is 258 g/mol. The normalized spacial score (nSPS) is 10.2. The summed E-state index contributed by atoms with van der Waals surface area (Å²) >= 11 is 0. The van der Waals surface area contributed by atoms with Crippen LogP contribution in [0.2, 0.25) is 0 Å². The number of benzene rings is 1. The topological polar surface area (TPSA) is 101 Å². The first kappa shape index (κ1) is 12.8. The number of nitrogens with zero attached hydrogens (tertiary/aromatic N) is 1. The third-order valence-electron chi connectivity index (χ3n) is 2.87. The van der Waals surface area contributed by atoms with E-state index in [2.05, 4.69) is 15.5 Å². The van der Waals surface area contributed by atoms with E-state index in [9.17, 15) is 9.59 Å². The van der Waals surface area contributed by atoms with E-state index in [1.165, 1.54) is 12.1 Å². The summed E-state index contributed by atoms with van der Waals surface area (Å²) in [5, 5.41) is 8.64. The molecule has 98 valence electrons. The fraction of sp³-hybridized carbons (Fsp3) is 0.154. The summed E-state index contributed by atoms with van der Waals surface area (Å²) in [7, 11) is 0. The Morgan fingerprint density at radius 1 is 1.26 bits per heavy atom. The van der Waals surface area contributed by atoms with Gasteiger partial charge in [-0.3, -0.25) is 9.59 Å². The van der Waals surface area contributed by atoms with Crippen molar-refractivity contribution in [3.05, 3.63) is 51.4 Å². The first-order valence-corrected chi connectivity index (χ1v) is 5.72. The van der Waals surface area contributed by atoms with Gasteiger partial charge in [0.25, 0.3) is 11.5 Å². The molecular formula is C13H14N4O2. The molecule has 0 atom stereocenters. The van der Waals surface area contributed by atoms with Crippen LogP contribution in [0, 0.1) is 13.8 Å². The van der Waals surface area contributed by atoms with E-state index in [1.807, 2.05) is 19.9 Å². The molecular weight excluding hydrogens is 244 g/mol. The molecule has 1 aromatic carbocycles. The minimum atomic E-state index is -0.395. The second-order valence-corrected chi connectivity index (χ2v) is 4.23. The van der Waals surface area contributed by atoms with Crippen LogP contribution in [-0.4, -0.2) is 16.1 Å². The van der Waals surface area contributed by atoms with Crippen LogP contribution in [0.15, 0.2) is 29.1 Å². The van der Waals surface area contributed by atoms with Gasteiger partial charge < -0.3 is 11.1 Å². The Kier molecular flexibility index (Phi) is 3.33. The van der Waals surface area contributed by atoms with E-state index in [1.54, 1.807) is 6.07 Å². The van der Waals surface area contributed by atoms with Crippen molar-refractivity contribution in [2.45, 2.75) is 13.8 Å². The molecule has 1 heterocycles. The number of carbonyl (C=O) groups is 1. The molecule has 0 saturated heterocycles. The Bertz CT molecular complexity index is 671. The number of aromatic amines is 1. The number of hydrogen-bond donors (Lipinski definition) is 3. The van der Waals surface area contributed by atoms with Gasteiger partial charge in [0, 0.05) is 17.4 Å². The molecule has 0 spiro atoms. The van der Waals surface area contributed by atoms with Crippen molar-refractivity contribution in [3.63, 3.8) is 0 Å². The number of aromatic nitrogens is 2. The van der Waals surface area contributed by atoms with Crippen molar-refractivity contribution in [3.8, 4) is 0 Å². The predicted molar refractivity (Wildman–Crippen MR) is 73.1 cm³/mol. The third-order valence-corrected chi connectivity index (χ3v) is 2.87. The Labute approximate surface area is 109 Å². The first-order valence-electron chi connectivity index (χ1n) is 5.72. The molecule has 0 unspecified atom stereocenters. The molecule has 0 aliphatic carbocycles. The van der Waals surface area contributed by atoms with Crippen molar-refractivity contribution < 1.29 is 4.79 Å². The van der Waals surface area contributed by atoms with Gasteiger partial charge in [-0.15, -0.1) is 0 Å². The van der Waals surface area contributed by atoms with Crippen LogP contribution in [0.4, 0.5) is 11.4 Å². The zero-order chi connectivity index (χ0) is 14.0. The van der Waals surface area contributed by atoms with Crippen molar-refractivity contribution in [2.24, 2.45) is 0 Å². The molecule has 19 heavy (non-hydrogen) atoms. The summed E-state index contributed by atoms with van der Waals surface area (Å²) in [6.45, 7) is 3.71. The third kappa shape index (κ3) is 2.62. The molecule has 2 aromatic rings. The van der Waals surface area contributed by atoms with E-state index in [0.717, 1.165) is 11.1 Å². The molecule has 0 bridgehead atoms. The van der Waals surface area contributed by atoms with Crippen LogP contribution in [0.3, 0.4) is 0 Å². The van der Waals surface area contributed by atoms with E-state index in [4.69, 9.17) is 5.73 Å². The molecule has 0 aliphatic heterocycles. The number of nitrogen functional groups attached to an aromatic ring is 1. The standard InChI is InChI=1S/C13H14N4O2/c1-7-3-4-9(14)8(2)12(7)15-13(19)10-5-6-11(18)17-16-10/h3-6H,14H2,1-2H3,(H,15,19)(H,17,18). The highest BCUT2D eigenvalue weighted by molar-refractivity contribution is 6.04. The molecule has 0 aliphatic rings. The average Bonchev–Trinajstić information content (AvgIpc) is 2.40. The maximum atomic E-state index is 12.0. The number of aryl methyl sites for hydroxylation is 1. The Morgan fingerprint density at radius 2 is 2.00 bits per heavy atom.